The molecule has 100 valence electrons. The third-order valence-electron chi connectivity index (χ3n) is 3.57. The van der Waals surface area contributed by atoms with Gasteiger partial charge in [0.2, 0.25) is 5.91 Å². The molecule has 0 aromatic carbocycles. The summed E-state index contributed by atoms with van der Waals surface area (Å²) in [5.74, 6) is 0.213. The Labute approximate surface area is 104 Å². The van der Waals surface area contributed by atoms with Gasteiger partial charge in [0.15, 0.2) is 0 Å². The van der Waals surface area contributed by atoms with Crippen molar-refractivity contribution in [3.05, 3.63) is 0 Å². The normalized spacial score (nSPS) is 20.9. The fourth-order valence-corrected chi connectivity index (χ4v) is 2.64. The van der Waals surface area contributed by atoms with E-state index in [0.717, 1.165) is 38.8 Å². The lowest BCUT2D eigenvalue weighted by Gasteiger charge is -2.37. The maximum absolute atomic E-state index is 12.4. The van der Waals surface area contributed by atoms with E-state index in [-0.39, 0.29) is 17.4 Å². The lowest BCUT2D eigenvalue weighted by molar-refractivity contribution is -0.134. The van der Waals surface area contributed by atoms with Crippen molar-refractivity contribution < 1.29 is 9.53 Å². The first-order chi connectivity index (χ1) is 8.14. The largest absolute Gasteiger partial charge is 0.383 e. The van der Waals surface area contributed by atoms with Crippen molar-refractivity contribution in [2.75, 3.05) is 26.8 Å². The number of carbonyl (C=O) groups is 1. The van der Waals surface area contributed by atoms with Crippen LogP contribution in [0.2, 0.25) is 0 Å². The highest BCUT2D eigenvalue weighted by atomic mass is 16.5. The van der Waals surface area contributed by atoms with E-state index in [2.05, 4.69) is 17.6 Å². The molecular formula is C13H26N2O2. The average Bonchev–Trinajstić information content (AvgIpc) is 2.30. The topological polar surface area (TPSA) is 50.4 Å². The van der Waals surface area contributed by atoms with Crippen LogP contribution in [-0.2, 0) is 9.53 Å². The Balaban J connectivity index is 2.59. The lowest BCUT2D eigenvalue weighted by atomic mass is 9.74. The number of amides is 1. The zero-order chi connectivity index (χ0) is 12.7. The second-order valence-electron chi connectivity index (χ2n) is 5.11. The number of piperidine rings is 1. The summed E-state index contributed by atoms with van der Waals surface area (Å²) >= 11 is 0. The number of hydrogen-bond acceptors (Lipinski definition) is 3. The van der Waals surface area contributed by atoms with E-state index in [1.807, 2.05) is 6.92 Å². The van der Waals surface area contributed by atoms with Gasteiger partial charge in [-0.25, -0.2) is 0 Å². The molecule has 0 bridgehead atoms. The van der Waals surface area contributed by atoms with E-state index in [4.69, 9.17) is 4.74 Å². The molecule has 0 aliphatic carbocycles. The Hall–Kier alpha value is -0.610. The minimum atomic E-state index is -0.151. The van der Waals surface area contributed by atoms with Gasteiger partial charge in [-0.2, -0.15) is 0 Å². The zero-order valence-electron chi connectivity index (χ0n) is 11.3. The molecule has 1 aliphatic rings. The molecule has 1 fully saturated rings. The minimum absolute atomic E-state index is 0.0936. The van der Waals surface area contributed by atoms with Gasteiger partial charge in [0.1, 0.15) is 0 Å². The average molecular weight is 242 g/mol. The van der Waals surface area contributed by atoms with E-state index in [1.165, 1.54) is 0 Å². The Bertz CT molecular complexity index is 232. The summed E-state index contributed by atoms with van der Waals surface area (Å²) in [6.45, 7) is 6.61. The summed E-state index contributed by atoms with van der Waals surface area (Å²) < 4.78 is 5.06. The van der Waals surface area contributed by atoms with Gasteiger partial charge in [0.25, 0.3) is 0 Å². The highest BCUT2D eigenvalue weighted by molar-refractivity contribution is 5.83. The summed E-state index contributed by atoms with van der Waals surface area (Å²) in [5, 5.41) is 6.41. The van der Waals surface area contributed by atoms with Gasteiger partial charge in [-0.05, 0) is 39.3 Å². The second-order valence-corrected chi connectivity index (χ2v) is 5.11. The van der Waals surface area contributed by atoms with E-state index in [9.17, 15) is 4.79 Å². The van der Waals surface area contributed by atoms with Gasteiger partial charge in [0.05, 0.1) is 12.0 Å². The van der Waals surface area contributed by atoms with Crippen molar-refractivity contribution in [2.45, 2.75) is 45.6 Å². The molecular weight excluding hydrogens is 216 g/mol. The number of carbonyl (C=O) groups excluding carboxylic acids is 1. The number of ether oxygens (including phenoxy) is 1. The quantitative estimate of drug-likeness (QED) is 0.738. The molecule has 1 aliphatic heterocycles. The molecule has 4 heteroatoms. The van der Waals surface area contributed by atoms with E-state index in [0.29, 0.717) is 6.61 Å². The second kappa shape index (κ2) is 6.97. The Kier molecular flexibility index (Phi) is 5.92. The first-order valence-electron chi connectivity index (χ1n) is 6.65. The van der Waals surface area contributed by atoms with Crippen LogP contribution in [0.25, 0.3) is 0 Å². The first-order valence-corrected chi connectivity index (χ1v) is 6.65. The van der Waals surface area contributed by atoms with Crippen LogP contribution in [0.4, 0.5) is 0 Å². The lowest BCUT2D eigenvalue weighted by Crippen LogP contribution is -2.50. The van der Waals surface area contributed by atoms with Crippen LogP contribution in [0.1, 0.15) is 39.5 Å². The van der Waals surface area contributed by atoms with Crippen LogP contribution >= 0.6 is 0 Å². The Morgan fingerprint density at radius 3 is 2.65 bits per heavy atom. The molecule has 0 aromatic rings. The maximum atomic E-state index is 12.4. The summed E-state index contributed by atoms with van der Waals surface area (Å²) in [7, 11) is 1.66. The molecule has 0 spiro atoms. The van der Waals surface area contributed by atoms with Crippen LogP contribution in [-0.4, -0.2) is 38.8 Å². The summed E-state index contributed by atoms with van der Waals surface area (Å²) in [5.41, 5.74) is -0.151. The SMILES string of the molecule is CCCC1(C(=O)NC(C)COC)CCNCC1. The van der Waals surface area contributed by atoms with Crippen molar-refractivity contribution in [3.63, 3.8) is 0 Å². The van der Waals surface area contributed by atoms with Crippen molar-refractivity contribution in [2.24, 2.45) is 5.41 Å². The summed E-state index contributed by atoms with van der Waals surface area (Å²) in [6, 6.07) is 0.0936. The third kappa shape index (κ3) is 3.96. The zero-order valence-corrected chi connectivity index (χ0v) is 11.3. The molecule has 0 saturated carbocycles. The van der Waals surface area contributed by atoms with Gasteiger partial charge < -0.3 is 15.4 Å². The van der Waals surface area contributed by atoms with Crippen LogP contribution in [0.3, 0.4) is 0 Å². The third-order valence-corrected chi connectivity index (χ3v) is 3.57. The maximum Gasteiger partial charge on any atom is 0.226 e. The summed E-state index contributed by atoms with van der Waals surface area (Å²) in [6.07, 6.45) is 3.95. The number of methoxy groups -OCH3 is 1. The van der Waals surface area contributed by atoms with Crippen LogP contribution in [0.5, 0.6) is 0 Å². The minimum Gasteiger partial charge on any atom is -0.383 e. The van der Waals surface area contributed by atoms with E-state index < -0.39 is 0 Å². The number of rotatable bonds is 6. The van der Waals surface area contributed by atoms with Gasteiger partial charge in [-0.15, -0.1) is 0 Å². The fourth-order valence-electron chi connectivity index (χ4n) is 2.64. The molecule has 1 unspecified atom stereocenters. The predicted octanol–water partition coefficient (Wildman–Crippen LogP) is 1.31. The Morgan fingerprint density at radius 1 is 1.47 bits per heavy atom. The predicted molar refractivity (Wildman–Crippen MR) is 68.9 cm³/mol. The van der Waals surface area contributed by atoms with Gasteiger partial charge >= 0.3 is 0 Å². The Morgan fingerprint density at radius 2 is 2.12 bits per heavy atom. The molecule has 1 saturated heterocycles. The van der Waals surface area contributed by atoms with Gasteiger partial charge in [0, 0.05) is 13.2 Å². The standard InChI is InChI=1S/C13H26N2O2/c1-4-5-13(6-8-14-9-7-13)12(16)15-11(2)10-17-3/h11,14H,4-10H2,1-3H3,(H,15,16). The van der Waals surface area contributed by atoms with Crippen LogP contribution < -0.4 is 10.6 Å². The molecule has 1 amide bonds. The van der Waals surface area contributed by atoms with E-state index in [1.54, 1.807) is 7.11 Å². The van der Waals surface area contributed by atoms with Crippen LogP contribution in [0.15, 0.2) is 0 Å². The molecule has 2 N–H and O–H groups in total. The highest BCUT2D eigenvalue weighted by Gasteiger charge is 2.38. The van der Waals surface area contributed by atoms with Crippen molar-refractivity contribution in [3.8, 4) is 0 Å². The number of nitrogens with one attached hydrogen (secondary N) is 2. The molecule has 1 rings (SSSR count). The van der Waals surface area contributed by atoms with Crippen molar-refractivity contribution >= 4 is 5.91 Å². The molecule has 1 heterocycles. The first kappa shape index (κ1) is 14.5. The molecule has 4 nitrogen and oxygen atoms in total. The molecule has 17 heavy (non-hydrogen) atoms. The number of hydrogen-bond donors (Lipinski definition) is 2. The van der Waals surface area contributed by atoms with Crippen molar-refractivity contribution in [1.29, 1.82) is 0 Å². The van der Waals surface area contributed by atoms with Crippen LogP contribution in [0, 0.1) is 5.41 Å². The molecule has 1 atom stereocenters. The smallest absolute Gasteiger partial charge is 0.226 e. The monoisotopic (exact) mass is 242 g/mol. The van der Waals surface area contributed by atoms with E-state index >= 15 is 0 Å². The van der Waals surface area contributed by atoms with Crippen molar-refractivity contribution in [1.82, 2.24) is 10.6 Å². The van der Waals surface area contributed by atoms with Gasteiger partial charge in [-0.1, -0.05) is 13.3 Å². The van der Waals surface area contributed by atoms with Gasteiger partial charge in [-0.3, -0.25) is 4.79 Å². The highest BCUT2D eigenvalue weighted by Crippen LogP contribution is 2.34. The summed E-state index contributed by atoms with van der Waals surface area (Å²) in [4.78, 5) is 12.4. The molecule has 0 aromatic heterocycles. The fraction of sp³-hybridized carbons (Fsp3) is 0.923. The molecule has 0 radical (unpaired) electrons.